The average Bonchev–Trinajstić information content (AvgIpc) is 3.25. The fourth-order valence-electron chi connectivity index (χ4n) is 4.02. The lowest BCUT2D eigenvalue weighted by Gasteiger charge is -2.33. The molecule has 0 amide bonds. The number of ketones is 1. The highest BCUT2D eigenvalue weighted by Crippen LogP contribution is 2.23. The van der Waals surface area contributed by atoms with E-state index in [4.69, 9.17) is 0 Å². The number of anilines is 1. The van der Waals surface area contributed by atoms with Gasteiger partial charge in [0.15, 0.2) is 5.13 Å². The monoisotopic (exact) mass is 413 g/mol. The van der Waals surface area contributed by atoms with Crippen molar-refractivity contribution in [3.05, 3.63) is 64.2 Å². The number of hydrogen-bond donors (Lipinski definition) is 1. The van der Waals surface area contributed by atoms with Crippen LogP contribution in [0.5, 0.6) is 0 Å². The van der Waals surface area contributed by atoms with E-state index in [2.05, 4.69) is 14.5 Å². The number of benzene rings is 1. The SMILES string of the molecule is Cc1csc(-n2c(C)cc(C(=O)C[NH+]3CCN(c4ccc(F)cc4)CC3)c2C)n1. The van der Waals surface area contributed by atoms with Gasteiger partial charge in [0, 0.05) is 28.0 Å². The first-order chi connectivity index (χ1) is 13.9. The molecule has 3 aromatic rings. The van der Waals surface area contributed by atoms with Gasteiger partial charge in [-0.2, -0.15) is 0 Å². The van der Waals surface area contributed by atoms with Gasteiger partial charge < -0.3 is 9.80 Å². The zero-order chi connectivity index (χ0) is 20.5. The van der Waals surface area contributed by atoms with Crippen molar-refractivity contribution in [3.63, 3.8) is 0 Å². The van der Waals surface area contributed by atoms with E-state index >= 15 is 0 Å². The van der Waals surface area contributed by atoms with Crippen molar-refractivity contribution in [1.29, 1.82) is 0 Å². The summed E-state index contributed by atoms with van der Waals surface area (Å²) in [4.78, 5) is 21.1. The van der Waals surface area contributed by atoms with E-state index in [1.807, 2.05) is 44.4 Å². The van der Waals surface area contributed by atoms with Crippen LogP contribution in [0.3, 0.4) is 0 Å². The van der Waals surface area contributed by atoms with Gasteiger partial charge in [0.25, 0.3) is 0 Å². The van der Waals surface area contributed by atoms with Crippen molar-refractivity contribution in [2.45, 2.75) is 20.8 Å². The molecule has 0 saturated carbocycles. The van der Waals surface area contributed by atoms with Crippen LogP contribution in [0.4, 0.5) is 10.1 Å². The van der Waals surface area contributed by atoms with Crippen LogP contribution in [0.15, 0.2) is 35.7 Å². The molecule has 4 rings (SSSR count). The van der Waals surface area contributed by atoms with Crippen molar-refractivity contribution < 1.29 is 14.1 Å². The van der Waals surface area contributed by atoms with E-state index in [0.717, 1.165) is 59.6 Å². The Labute approximate surface area is 174 Å². The fraction of sp³-hybridized carbons (Fsp3) is 0.364. The van der Waals surface area contributed by atoms with Crippen LogP contribution >= 0.6 is 11.3 Å². The van der Waals surface area contributed by atoms with E-state index in [1.54, 1.807) is 11.3 Å². The molecule has 0 aliphatic carbocycles. The summed E-state index contributed by atoms with van der Waals surface area (Å²) in [6, 6.07) is 8.62. The molecule has 152 valence electrons. The predicted octanol–water partition coefficient (Wildman–Crippen LogP) is 2.59. The van der Waals surface area contributed by atoms with Crippen molar-refractivity contribution in [2.24, 2.45) is 0 Å². The highest BCUT2D eigenvalue weighted by atomic mass is 32.1. The molecule has 1 N–H and O–H groups in total. The lowest BCUT2D eigenvalue weighted by molar-refractivity contribution is -0.892. The van der Waals surface area contributed by atoms with E-state index < -0.39 is 0 Å². The second kappa shape index (κ2) is 8.08. The van der Waals surface area contributed by atoms with Crippen molar-refractivity contribution in [3.8, 4) is 5.13 Å². The minimum Gasteiger partial charge on any atom is -0.360 e. The first-order valence-corrected chi connectivity index (χ1v) is 10.8. The zero-order valence-corrected chi connectivity index (χ0v) is 17.9. The molecule has 7 heteroatoms. The van der Waals surface area contributed by atoms with Crippen LogP contribution in [0.1, 0.15) is 27.4 Å². The van der Waals surface area contributed by atoms with Gasteiger partial charge in [-0.15, -0.1) is 11.3 Å². The van der Waals surface area contributed by atoms with Gasteiger partial charge in [-0.05, 0) is 51.1 Å². The Hall–Kier alpha value is -2.51. The van der Waals surface area contributed by atoms with Gasteiger partial charge in [-0.1, -0.05) is 0 Å². The predicted molar refractivity (Wildman–Crippen MR) is 114 cm³/mol. The van der Waals surface area contributed by atoms with Crippen LogP contribution in [0, 0.1) is 26.6 Å². The third-order valence-corrected chi connectivity index (χ3v) is 6.55. The molecule has 0 atom stereocenters. The van der Waals surface area contributed by atoms with Crippen LogP contribution in [-0.2, 0) is 0 Å². The molecule has 29 heavy (non-hydrogen) atoms. The number of rotatable bonds is 5. The molecule has 0 unspecified atom stereocenters. The Balaban J connectivity index is 1.41. The number of Topliss-reactive ketones (excluding diaryl/α,β-unsaturated/α-hetero) is 1. The number of halogens is 1. The lowest BCUT2D eigenvalue weighted by atomic mass is 10.1. The molecule has 0 bridgehead atoms. The first kappa shape index (κ1) is 19.8. The number of hydrogen-bond acceptors (Lipinski definition) is 4. The Morgan fingerprint density at radius 2 is 1.86 bits per heavy atom. The van der Waals surface area contributed by atoms with E-state index in [-0.39, 0.29) is 11.6 Å². The van der Waals surface area contributed by atoms with E-state index in [9.17, 15) is 9.18 Å². The molecule has 1 aromatic carbocycles. The van der Waals surface area contributed by atoms with Gasteiger partial charge in [-0.25, -0.2) is 9.37 Å². The largest absolute Gasteiger partial charge is 0.360 e. The second-order valence-corrected chi connectivity index (χ2v) is 8.54. The van der Waals surface area contributed by atoms with E-state index in [1.165, 1.54) is 17.0 Å². The summed E-state index contributed by atoms with van der Waals surface area (Å²) >= 11 is 1.60. The van der Waals surface area contributed by atoms with Crippen LogP contribution in [-0.4, -0.2) is 48.1 Å². The highest BCUT2D eigenvalue weighted by Gasteiger charge is 2.25. The van der Waals surface area contributed by atoms with Gasteiger partial charge >= 0.3 is 0 Å². The number of quaternary nitrogens is 1. The highest BCUT2D eigenvalue weighted by molar-refractivity contribution is 7.12. The maximum absolute atomic E-state index is 13.1. The van der Waals surface area contributed by atoms with Gasteiger partial charge in [0.05, 0.1) is 31.9 Å². The number of piperazine rings is 1. The molecular weight excluding hydrogens is 387 g/mol. The Kier molecular flexibility index (Phi) is 5.52. The fourth-order valence-corrected chi connectivity index (χ4v) is 4.93. The molecular formula is C22H26FN4OS+. The van der Waals surface area contributed by atoms with Gasteiger partial charge in [-0.3, -0.25) is 9.36 Å². The topological polar surface area (TPSA) is 42.6 Å². The Bertz CT molecular complexity index is 1020. The standard InChI is InChI=1S/C22H25FN4OS/c1-15-14-29-22(24-15)27-16(2)12-20(17(27)3)21(28)13-25-8-10-26(11-9-25)19-6-4-18(23)5-7-19/h4-7,12,14H,8-11,13H2,1-3H3/p+1. The quantitative estimate of drug-likeness (QED) is 0.654. The molecule has 5 nitrogen and oxygen atoms in total. The molecule has 0 spiro atoms. The van der Waals surface area contributed by atoms with Crippen molar-refractivity contribution in [1.82, 2.24) is 9.55 Å². The third kappa shape index (κ3) is 4.11. The molecule has 2 aromatic heterocycles. The zero-order valence-electron chi connectivity index (χ0n) is 17.0. The molecule has 1 fully saturated rings. The molecule has 0 radical (unpaired) electrons. The first-order valence-electron chi connectivity index (χ1n) is 9.91. The summed E-state index contributed by atoms with van der Waals surface area (Å²) in [5.41, 5.74) is 4.83. The normalized spacial score (nSPS) is 15.1. The third-order valence-electron chi connectivity index (χ3n) is 5.60. The van der Waals surface area contributed by atoms with Crippen molar-refractivity contribution in [2.75, 3.05) is 37.6 Å². The number of nitrogens with one attached hydrogen (secondary N) is 1. The maximum Gasteiger partial charge on any atom is 0.218 e. The smallest absolute Gasteiger partial charge is 0.218 e. The van der Waals surface area contributed by atoms with E-state index in [0.29, 0.717) is 6.54 Å². The summed E-state index contributed by atoms with van der Waals surface area (Å²) in [5, 5.41) is 2.94. The summed E-state index contributed by atoms with van der Waals surface area (Å²) < 4.78 is 15.2. The number of nitrogens with zero attached hydrogens (tertiary/aromatic N) is 3. The van der Waals surface area contributed by atoms with Crippen LogP contribution < -0.4 is 9.80 Å². The minimum absolute atomic E-state index is 0.183. The number of carbonyl (C=O) groups excluding carboxylic acids is 1. The second-order valence-electron chi connectivity index (χ2n) is 7.71. The number of aromatic nitrogens is 2. The summed E-state index contributed by atoms with van der Waals surface area (Å²) in [6.07, 6.45) is 0. The molecule has 3 heterocycles. The van der Waals surface area contributed by atoms with Crippen LogP contribution in [0.25, 0.3) is 5.13 Å². The summed E-state index contributed by atoms with van der Waals surface area (Å²) in [7, 11) is 0. The average molecular weight is 414 g/mol. The van der Waals surface area contributed by atoms with Gasteiger partial charge in [0.2, 0.25) is 5.78 Å². The maximum atomic E-state index is 13.1. The Morgan fingerprint density at radius 1 is 1.17 bits per heavy atom. The Morgan fingerprint density at radius 3 is 2.48 bits per heavy atom. The van der Waals surface area contributed by atoms with Gasteiger partial charge in [0.1, 0.15) is 12.4 Å². The number of aryl methyl sites for hydroxylation is 2. The molecule has 1 saturated heterocycles. The number of carbonyl (C=O) groups is 1. The number of thiazole rings is 1. The lowest BCUT2D eigenvalue weighted by Crippen LogP contribution is -3.15. The molecule has 1 aliphatic rings. The minimum atomic E-state index is -0.214. The van der Waals surface area contributed by atoms with Crippen LogP contribution in [0.2, 0.25) is 0 Å². The summed E-state index contributed by atoms with van der Waals surface area (Å²) in [6.45, 7) is 10.0. The molecule has 1 aliphatic heterocycles. The van der Waals surface area contributed by atoms with Crippen molar-refractivity contribution >= 4 is 22.8 Å². The summed E-state index contributed by atoms with van der Waals surface area (Å²) in [5.74, 6) is -0.0306.